The van der Waals surface area contributed by atoms with Crippen molar-refractivity contribution >= 4 is 45.0 Å². The molecule has 1 unspecified atom stereocenters. The summed E-state index contributed by atoms with van der Waals surface area (Å²) in [5, 5.41) is 3.89. The first-order chi connectivity index (χ1) is 12.2. The fourth-order valence-corrected chi connectivity index (χ4v) is 3.49. The van der Waals surface area contributed by atoms with Gasteiger partial charge in [-0.2, -0.15) is 0 Å². The Hall–Kier alpha value is -1.82. The van der Waals surface area contributed by atoms with E-state index >= 15 is 0 Å². The second-order valence-corrected chi connectivity index (χ2v) is 8.67. The summed E-state index contributed by atoms with van der Waals surface area (Å²) in [6.07, 6.45) is 4.85. The van der Waals surface area contributed by atoms with Crippen molar-refractivity contribution in [3.63, 3.8) is 0 Å². The standard InChI is InChI=1S/C19H19Cl2NO3S/c1-3-18(14-5-9-16(10-6-14)26(2,24)25)22-19(23)11-7-13-4-8-15(20)12-17(13)21/h4-12,18H,3H2,1-2H3,(H,22,23)/b11-7+. The Kier molecular flexibility index (Phi) is 6.87. The molecule has 0 aliphatic heterocycles. The zero-order valence-electron chi connectivity index (χ0n) is 14.4. The quantitative estimate of drug-likeness (QED) is 0.701. The van der Waals surface area contributed by atoms with Crippen LogP contribution < -0.4 is 5.32 Å². The average molecular weight is 412 g/mol. The van der Waals surface area contributed by atoms with E-state index in [0.717, 1.165) is 11.8 Å². The molecular formula is C19H19Cl2NO3S. The van der Waals surface area contributed by atoms with Gasteiger partial charge in [-0.05, 0) is 47.9 Å². The molecule has 0 saturated heterocycles. The molecular weight excluding hydrogens is 393 g/mol. The van der Waals surface area contributed by atoms with Crippen molar-refractivity contribution in [3.8, 4) is 0 Å². The molecule has 2 aromatic rings. The van der Waals surface area contributed by atoms with Crippen LogP contribution in [0.25, 0.3) is 6.08 Å². The van der Waals surface area contributed by atoms with Crippen molar-refractivity contribution in [2.24, 2.45) is 0 Å². The fraction of sp³-hybridized carbons (Fsp3) is 0.211. The molecule has 0 heterocycles. The van der Waals surface area contributed by atoms with Crippen molar-refractivity contribution in [1.29, 1.82) is 0 Å². The summed E-state index contributed by atoms with van der Waals surface area (Å²) in [4.78, 5) is 12.5. The summed E-state index contributed by atoms with van der Waals surface area (Å²) in [5.41, 5.74) is 1.53. The topological polar surface area (TPSA) is 63.2 Å². The number of benzene rings is 2. The van der Waals surface area contributed by atoms with Gasteiger partial charge in [0.25, 0.3) is 0 Å². The summed E-state index contributed by atoms with van der Waals surface area (Å²) in [6, 6.07) is 11.3. The van der Waals surface area contributed by atoms with Gasteiger partial charge < -0.3 is 5.32 Å². The van der Waals surface area contributed by atoms with Gasteiger partial charge in [-0.1, -0.05) is 48.3 Å². The van der Waals surface area contributed by atoms with E-state index in [1.165, 1.54) is 6.08 Å². The highest BCUT2D eigenvalue weighted by molar-refractivity contribution is 7.90. The minimum atomic E-state index is -3.24. The Labute approximate surface area is 163 Å². The number of hydrogen-bond acceptors (Lipinski definition) is 3. The summed E-state index contributed by atoms with van der Waals surface area (Å²) in [5.74, 6) is -0.268. The summed E-state index contributed by atoms with van der Waals surface area (Å²) < 4.78 is 23.1. The number of halogens is 2. The van der Waals surface area contributed by atoms with E-state index in [9.17, 15) is 13.2 Å². The number of hydrogen-bond donors (Lipinski definition) is 1. The molecule has 1 N–H and O–H groups in total. The van der Waals surface area contributed by atoms with Gasteiger partial charge in [0.05, 0.1) is 10.9 Å². The molecule has 1 amide bonds. The van der Waals surface area contributed by atoms with Crippen LogP contribution in [0.3, 0.4) is 0 Å². The van der Waals surface area contributed by atoms with Crippen LogP contribution >= 0.6 is 23.2 Å². The third kappa shape index (κ3) is 5.59. The van der Waals surface area contributed by atoms with Crippen molar-refractivity contribution in [1.82, 2.24) is 5.32 Å². The molecule has 0 fully saturated rings. The number of amides is 1. The van der Waals surface area contributed by atoms with Crippen LogP contribution in [0, 0.1) is 0 Å². The Morgan fingerprint density at radius 1 is 1.15 bits per heavy atom. The minimum Gasteiger partial charge on any atom is -0.346 e. The largest absolute Gasteiger partial charge is 0.346 e. The van der Waals surface area contributed by atoms with Crippen LogP contribution in [-0.2, 0) is 14.6 Å². The van der Waals surface area contributed by atoms with E-state index in [1.54, 1.807) is 48.5 Å². The van der Waals surface area contributed by atoms with Gasteiger partial charge in [0.1, 0.15) is 0 Å². The van der Waals surface area contributed by atoms with Crippen molar-refractivity contribution in [2.75, 3.05) is 6.26 Å². The minimum absolute atomic E-state index is 0.221. The maximum Gasteiger partial charge on any atom is 0.244 e. The highest BCUT2D eigenvalue weighted by Gasteiger charge is 2.13. The third-order valence-corrected chi connectivity index (χ3v) is 5.50. The Morgan fingerprint density at radius 3 is 2.35 bits per heavy atom. The number of carbonyl (C=O) groups excluding carboxylic acids is 1. The molecule has 0 aromatic heterocycles. The van der Waals surface area contributed by atoms with Crippen LogP contribution in [0.15, 0.2) is 53.4 Å². The number of nitrogens with one attached hydrogen (secondary N) is 1. The summed E-state index contributed by atoms with van der Waals surface area (Å²) in [7, 11) is -3.24. The number of sulfone groups is 1. The summed E-state index contributed by atoms with van der Waals surface area (Å²) >= 11 is 11.9. The van der Waals surface area contributed by atoms with Crippen LogP contribution in [0.5, 0.6) is 0 Å². The second-order valence-electron chi connectivity index (χ2n) is 5.81. The molecule has 2 rings (SSSR count). The maximum atomic E-state index is 12.2. The average Bonchev–Trinajstić information content (AvgIpc) is 2.58. The van der Waals surface area contributed by atoms with E-state index in [0.29, 0.717) is 22.0 Å². The van der Waals surface area contributed by atoms with Gasteiger partial charge in [-0.3, -0.25) is 4.79 Å². The van der Waals surface area contributed by atoms with Gasteiger partial charge in [0.2, 0.25) is 5.91 Å². The third-order valence-electron chi connectivity index (χ3n) is 3.81. The Morgan fingerprint density at radius 2 is 1.81 bits per heavy atom. The highest BCUT2D eigenvalue weighted by Crippen LogP contribution is 2.22. The molecule has 0 bridgehead atoms. The Bertz CT molecular complexity index is 922. The van der Waals surface area contributed by atoms with Crippen LogP contribution in [-0.4, -0.2) is 20.6 Å². The zero-order valence-corrected chi connectivity index (χ0v) is 16.7. The Balaban J connectivity index is 2.09. The fourth-order valence-electron chi connectivity index (χ4n) is 2.39. The molecule has 0 saturated carbocycles. The highest BCUT2D eigenvalue weighted by atomic mass is 35.5. The van der Waals surface area contributed by atoms with E-state index in [2.05, 4.69) is 5.32 Å². The van der Waals surface area contributed by atoms with Crippen molar-refractivity contribution in [3.05, 3.63) is 69.7 Å². The molecule has 4 nitrogen and oxygen atoms in total. The maximum absolute atomic E-state index is 12.2. The smallest absolute Gasteiger partial charge is 0.244 e. The SMILES string of the molecule is CCC(NC(=O)/C=C/c1ccc(Cl)cc1Cl)c1ccc(S(C)(=O)=O)cc1. The van der Waals surface area contributed by atoms with E-state index in [4.69, 9.17) is 23.2 Å². The van der Waals surface area contributed by atoms with Crippen LogP contribution in [0.2, 0.25) is 10.0 Å². The summed E-state index contributed by atoms with van der Waals surface area (Å²) in [6.45, 7) is 1.94. The predicted octanol–water partition coefficient (Wildman–Crippen LogP) is 4.68. The molecule has 7 heteroatoms. The molecule has 2 aromatic carbocycles. The van der Waals surface area contributed by atoms with Crippen molar-refractivity contribution < 1.29 is 13.2 Å². The van der Waals surface area contributed by atoms with E-state index in [-0.39, 0.29) is 16.8 Å². The van der Waals surface area contributed by atoms with Crippen LogP contribution in [0.4, 0.5) is 0 Å². The molecule has 0 aliphatic rings. The molecule has 138 valence electrons. The predicted molar refractivity (Wildman–Crippen MR) is 106 cm³/mol. The lowest BCUT2D eigenvalue weighted by atomic mass is 10.0. The number of carbonyl (C=O) groups is 1. The van der Waals surface area contributed by atoms with Crippen LogP contribution in [0.1, 0.15) is 30.5 Å². The molecule has 0 spiro atoms. The first-order valence-electron chi connectivity index (χ1n) is 7.94. The molecule has 0 aliphatic carbocycles. The lowest BCUT2D eigenvalue weighted by Gasteiger charge is -2.16. The van der Waals surface area contributed by atoms with E-state index < -0.39 is 9.84 Å². The molecule has 1 atom stereocenters. The molecule has 26 heavy (non-hydrogen) atoms. The van der Waals surface area contributed by atoms with Crippen molar-refractivity contribution in [2.45, 2.75) is 24.3 Å². The first kappa shape index (κ1) is 20.5. The van der Waals surface area contributed by atoms with Gasteiger partial charge in [-0.15, -0.1) is 0 Å². The lowest BCUT2D eigenvalue weighted by molar-refractivity contribution is -0.117. The van der Waals surface area contributed by atoms with Gasteiger partial charge in [0, 0.05) is 22.4 Å². The zero-order chi connectivity index (χ0) is 19.3. The van der Waals surface area contributed by atoms with Gasteiger partial charge in [-0.25, -0.2) is 8.42 Å². The normalized spacial score (nSPS) is 12.9. The van der Waals surface area contributed by atoms with E-state index in [1.807, 2.05) is 6.92 Å². The molecule has 0 radical (unpaired) electrons. The number of rotatable bonds is 6. The van der Waals surface area contributed by atoms with Gasteiger partial charge >= 0.3 is 0 Å². The van der Waals surface area contributed by atoms with Gasteiger partial charge in [0.15, 0.2) is 9.84 Å². The monoisotopic (exact) mass is 411 g/mol. The lowest BCUT2D eigenvalue weighted by Crippen LogP contribution is -2.26. The first-order valence-corrected chi connectivity index (χ1v) is 10.6. The second kappa shape index (κ2) is 8.71.